The lowest BCUT2D eigenvalue weighted by Gasteiger charge is -2.11. The van der Waals surface area contributed by atoms with Crippen LogP contribution in [0.2, 0.25) is 5.02 Å². The van der Waals surface area contributed by atoms with Gasteiger partial charge in [-0.1, -0.05) is 17.7 Å². The van der Waals surface area contributed by atoms with E-state index >= 15 is 0 Å². The molecule has 0 aliphatic heterocycles. The van der Waals surface area contributed by atoms with E-state index in [1.165, 1.54) is 0 Å². The van der Waals surface area contributed by atoms with Crippen LogP contribution < -0.4 is 10.5 Å². The highest BCUT2D eigenvalue weighted by Gasteiger charge is 2.12. The second-order valence-corrected chi connectivity index (χ2v) is 4.79. The van der Waals surface area contributed by atoms with Crippen molar-refractivity contribution in [2.24, 2.45) is 0 Å². The molecule has 4 nitrogen and oxygen atoms in total. The number of nitrogen functional groups attached to an aromatic ring is 1. The average Bonchev–Trinajstić information content (AvgIpc) is 2.51. The van der Waals surface area contributed by atoms with Crippen LogP contribution >= 0.6 is 11.6 Å². The molecule has 3 rings (SSSR count). The zero-order chi connectivity index (χ0) is 14.8. The van der Waals surface area contributed by atoms with E-state index < -0.39 is 0 Å². The molecule has 2 aromatic carbocycles. The van der Waals surface area contributed by atoms with Gasteiger partial charge in [-0.05, 0) is 36.4 Å². The molecule has 102 valence electrons. The van der Waals surface area contributed by atoms with Gasteiger partial charge in [-0.15, -0.1) is 0 Å². The Balaban J connectivity index is 2.14. The number of rotatable bonds is 2. The number of anilines is 1. The highest BCUT2D eigenvalue weighted by Crippen LogP contribution is 2.34. The second kappa shape index (κ2) is 5.31. The van der Waals surface area contributed by atoms with Crippen molar-refractivity contribution in [1.82, 2.24) is 4.98 Å². The van der Waals surface area contributed by atoms with Gasteiger partial charge in [-0.25, -0.2) is 0 Å². The van der Waals surface area contributed by atoms with Crippen molar-refractivity contribution >= 4 is 28.2 Å². The fourth-order valence-corrected chi connectivity index (χ4v) is 2.28. The molecule has 2 N–H and O–H groups in total. The molecule has 0 aliphatic rings. The summed E-state index contributed by atoms with van der Waals surface area (Å²) >= 11 is 6.00. The Kier molecular flexibility index (Phi) is 3.35. The van der Waals surface area contributed by atoms with Crippen molar-refractivity contribution in [2.75, 3.05) is 5.73 Å². The fraction of sp³-hybridized carbons (Fsp3) is 0. The number of fused-ring (bicyclic) bond motifs is 1. The minimum Gasteiger partial charge on any atom is -0.454 e. The fourth-order valence-electron chi connectivity index (χ4n) is 2.07. The first kappa shape index (κ1) is 13.2. The summed E-state index contributed by atoms with van der Waals surface area (Å²) in [6, 6.07) is 14.3. The number of nitrogens with zero attached hydrogens (tertiary/aromatic N) is 2. The van der Waals surface area contributed by atoms with Crippen LogP contribution in [0.3, 0.4) is 0 Å². The van der Waals surface area contributed by atoms with Crippen molar-refractivity contribution in [1.29, 1.82) is 5.26 Å². The van der Waals surface area contributed by atoms with Crippen molar-refractivity contribution in [3.63, 3.8) is 0 Å². The van der Waals surface area contributed by atoms with E-state index in [9.17, 15) is 5.26 Å². The topological polar surface area (TPSA) is 71.9 Å². The lowest BCUT2D eigenvalue weighted by Crippen LogP contribution is -1.94. The molecule has 0 radical (unpaired) electrons. The molecule has 0 saturated carbocycles. The van der Waals surface area contributed by atoms with Crippen LogP contribution in [0.15, 0.2) is 48.7 Å². The maximum absolute atomic E-state index is 9.18. The summed E-state index contributed by atoms with van der Waals surface area (Å²) in [5, 5.41) is 10.3. The molecule has 0 unspecified atom stereocenters. The van der Waals surface area contributed by atoms with Crippen LogP contribution in [0.1, 0.15) is 5.56 Å². The smallest absolute Gasteiger partial charge is 0.153 e. The van der Waals surface area contributed by atoms with Crippen LogP contribution in [0.4, 0.5) is 5.69 Å². The Morgan fingerprint density at radius 1 is 1.10 bits per heavy atom. The maximum atomic E-state index is 9.18. The zero-order valence-electron chi connectivity index (χ0n) is 10.9. The first-order valence-electron chi connectivity index (χ1n) is 6.20. The highest BCUT2D eigenvalue weighted by atomic mass is 35.5. The number of aromatic nitrogens is 1. The summed E-state index contributed by atoms with van der Waals surface area (Å²) in [7, 11) is 0. The first-order valence-corrected chi connectivity index (χ1v) is 6.58. The van der Waals surface area contributed by atoms with Gasteiger partial charge < -0.3 is 10.5 Å². The molecular formula is C16H10ClN3O. The van der Waals surface area contributed by atoms with Gasteiger partial charge in [0, 0.05) is 17.3 Å². The quantitative estimate of drug-likeness (QED) is 0.721. The maximum Gasteiger partial charge on any atom is 0.153 e. The van der Waals surface area contributed by atoms with E-state index in [0.717, 1.165) is 5.39 Å². The summed E-state index contributed by atoms with van der Waals surface area (Å²) in [6.07, 6.45) is 1.66. The van der Waals surface area contributed by atoms with Crippen molar-refractivity contribution in [3.8, 4) is 17.6 Å². The van der Waals surface area contributed by atoms with Gasteiger partial charge in [-0.2, -0.15) is 5.26 Å². The van der Waals surface area contributed by atoms with Gasteiger partial charge in [0.25, 0.3) is 0 Å². The SMILES string of the molecule is N#Cc1c(Cl)cccc1Oc1ccc(N)c2cccnc12. The molecular weight excluding hydrogens is 286 g/mol. The van der Waals surface area contributed by atoms with Gasteiger partial charge in [0.15, 0.2) is 5.75 Å². The van der Waals surface area contributed by atoms with Crippen LogP contribution in [0, 0.1) is 11.3 Å². The Morgan fingerprint density at radius 2 is 1.95 bits per heavy atom. The van der Waals surface area contributed by atoms with E-state index in [2.05, 4.69) is 4.98 Å². The number of hydrogen-bond donors (Lipinski definition) is 1. The Hall–Kier alpha value is -2.77. The molecule has 0 fully saturated rings. The predicted molar refractivity (Wildman–Crippen MR) is 82.4 cm³/mol. The molecule has 3 aromatic rings. The average molecular weight is 296 g/mol. The molecule has 0 amide bonds. The van der Waals surface area contributed by atoms with E-state index in [1.54, 1.807) is 36.5 Å². The van der Waals surface area contributed by atoms with Gasteiger partial charge in [0.2, 0.25) is 0 Å². The predicted octanol–water partition coefficient (Wildman–Crippen LogP) is 4.13. The van der Waals surface area contributed by atoms with Gasteiger partial charge in [-0.3, -0.25) is 4.98 Å². The summed E-state index contributed by atoms with van der Waals surface area (Å²) in [5.41, 5.74) is 7.48. The number of nitrogens with two attached hydrogens (primary N) is 1. The molecule has 0 spiro atoms. The van der Waals surface area contributed by atoms with E-state index in [1.807, 2.05) is 18.2 Å². The zero-order valence-corrected chi connectivity index (χ0v) is 11.6. The molecule has 0 aliphatic carbocycles. The molecule has 21 heavy (non-hydrogen) atoms. The van der Waals surface area contributed by atoms with E-state index in [0.29, 0.717) is 33.3 Å². The van der Waals surface area contributed by atoms with Crippen LogP contribution in [0.5, 0.6) is 11.5 Å². The third-order valence-corrected chi connectivity index (χ3v) is 3.39. The lowest BCUT2D eigenvalue weighted by atomic mass is 10.1. The molecule has 0 atom stereocenters. The van der Waals surface area contributed by atoms with E-state index in [4.69, 9.17) is 22.1 Å². The number of hydrogen-bond acceptors (Lipinski definition) is 4. The Morgan fingerprint density at radius 3 is 2.76 bits per heavy atom. The van der Waals surface area contributed by atoms with Crippen molar-refractivity contribution in [2.45, 2.75) is 0 Å². The number of nitriles is 1. The van der Waals surface area contributed by atoms with Crippen LogP contribution in [0.25, 0.3) is 10.9 Å². The molecule has 1 heterocycles. The van der Waals surface area contributed by atoms with Gasteiger partial charge in [0.05, 0.1) is 5.02 Å². The monoisotopic (exact) mass is 295 g/mol. The largest absolute Gasteiger partial charge is 0.454 e. The summed E-state index contributed by atoms with van der Waals surface area (Å²) < 4.78 is 5.82. The standard InChI is InChI=1S/C16H10ClN3O/c17-12-4-1-5-14(11(12)9-18)21-15-7-6-13(19)10-3-2-8-20-16(10)15/h1-8H,19H2. The van der Waals surface area contributed by atoms with E-state index in [-0.39, 0.29) is 0 Å². The highest BCUT2D eigenvalue weighted by molar-refractivity contribution is 6.31. The van der Waals surface area contributed by atoms with Gasteiger partial charge >= 0.3 is 0 Å². The molecule has 1 aromatic heterocycles. The molecule has 0 bridgehead atoms. The summed E-state index contributed by atoms with van der Waals surface area (Å²) in [4.78, 5) is 4.30. The van der Waals surface area contributed by atoms with Crippen molar-refractivity contribution in [3.05, 3.63) is 59.2 Å². The second-order valence-electron chi connectivity index (χ2n) is 4.38. The number of ether oxygens (including phenoxy) is 1. The van der Waals surface area contributed by atoms with Crippen molar-refractivity contribution < 1.29 is 4.74 Å². The summed E-state index contributed by atoms with van der Waals surface area (Å²) in [5.74, 6) is 0.917. The summed E-state index contributed by atoms with van der Waals surface area (Å²) in [6.45, 7) is 0. The van der Waals surface area contributed by atoms with Crippen LogP contribution in [-0.4, -0.2) is 4.98 Å². The normalized spacial score (nSPS) is 10.3. The third kappa shape index (κ3) is 2.35. The number of halogens is 1. The minimum atomic E-state index is 0.292. The van der Waals surface area contributed by atoms with Crippen LogP contribution in [-0.2, 0) is 0 Å². The minimum absolute atomic E-state index is 0.292. The molecule has 0 saturated heterocycles. The number of pyridine rings is 1. The first-order chi connectivity index (χ1) is 10.2. The Labute approximate surface area is 126 Å². The Bertz CT molecular complexity index is 871. The number of benzene rings is 2. The van der Waals surface area contributed by atoms with Gasteiger partial charge in [0.1, 0.15) is 22.9 Å². The molecule has 5 heteroatoms. The lowest BCUT2D eigenvalue weighted by molar-refractivity contribution is 0.485. The third-order valence-electron chi connectivity index (χ3n) is 3.07.